The number of esters is 1. The second-order valence-corrected chi connectivity index (χ2v) is 10.1. The molecule has 30 heavy (non-hydrogen) atoms. The Balaban J connectivity index is 1.74. The van der Waals surface area contributed by atoms with E-state index in [9.17, 15) is 18.0 Å². The van der Waals surface area contributed by atoms with Gasteiger partial charge in [-0.2, -0.15) is 0 Å². The number of likely N-dealkylation sites (tertiary alicyclic amines) is 1. The summed E-state index contributed by atoms with van der Waals surface area (Å²) >= 11 is 0. The molecule has 1 aromatic carbocycles. The highest BCUT2D eigenvalue weighted by Gasteiger charge is 2.37. The molecule has 1 saturated heterocycles. The summed E-state index contributed by atoms with van der Waals surface area (Å²) in [7, 11) is -2.26. The first kappa shape index (κ1) is 24.4. The summed E-state index contributed by atoms with van der Waals surface area (Å²) in [4.78, 5) is 25.7. The summed E-state index contributed by atoms with van der Waals surface area (Å²) < 4.78 is 30.8. The maximum Gasteiger partial charge on any atom is 0.305 e. The van der Waals surface area contributed by atoms with Gasteiger partial charge in [-0.1, -0.05) is 63.1 Å². The Morgan fingerprint density at radius 3 is 2.03 bits per heavy atom. The molecule has 0 radical (unpaired) electrons. The van der Waals surface area contributed by atoms with E-state index in [1.165, 1.54) is 7.11 Å². The lowest BCUT2D eigenvalue weighted by molar-refractivity contribution is -0.140. The Labute approximate surface area is 180 Å². The number of benzene rings is 1. The SMILES string of the molecule is COC(=O)CCCCCCCCCCC(C(=O)N1CCC1)S(=O)(=O)c1ccccc1. The Kier molecular flexibility index (Phi) is 10.3. The second-order valence-electron chi connectivity index (χ2n) is 7.97. The predicted molar refractivity (Wildman–Crippen MR) is 117 cm³/mol. The van der Waals surface area contributed by atoms with Crippen molar-refractivity contribution in [3.05, 3.63) is 30.3 Å². The molecule has 1 aliphatic heterocycles. The molecule has 6 nitrogen and oxygen atoms in total. The van der Waals surface area contributed by atoms with Gasteiger partial charge in [0.05, 0.1) is 12.0 Å². The van der Waals surface area contributed by atoms with Crippen LogP contribution >= 0.6 is 0 Å². The van der Waals surface area contributed by atoms with Gasteiger partial charge in [0.1, 0.15) is 5.25 Å². The molecule has 0 N–H and O–H groups in total. The van der Waals surface area contributed by atoms with Crippen LogP contribution in [0.25, 0.3) is 0 Å². The molecule has 0 bridgehead atoms. The number of carbonyl (C=O) groups is 2. The van der Waals surface area contributed by atoms with Gasteiger partial charge in [0, 0.05) is 19.5 Å². The monoisotopic (exact) mass is 437 g/mol. The van der Waals surface area contributed by atoms with Crippen molar-refractivity contribution in [3.63, 3.8) is 0 Å². The summed E-state index contributed by atoms with van der Waals surface area (Å²) in [6, 6.07) is 8.32. The number of unbranched alkanes of at least 4 members (excludes halogenated alkanes) is 7. The Morgan fingerprint density at radius 1 is 0.933 bits per heavy atom. The van der Waals surface area contributed by atoms with Crippen LogP contribution < -0.4 is 0 Å². The molecule has 1 fully saturated rings. The van der Waals surface area contributed by atoms with E-state index in [1.54, 1.807) is 35.2 Å². The molecule has 0 saturated carbocycles. The molecule has 1 unspecified atom stereocenters. The summed E-state index contributed by atoms with van der Waals surface area (Å²) in [6.45, 7) is 1.32. The lowest BCUT2D eigenvalue weighted by Crippen LogP contribution is -2.49. The maximum atomic E-state index is 13.1. The van der Waals surface area contributed by atoms with E-state index in [0.717, 1.165) is 57.8 Å². The van der Waals surface area contributed by atoms with Gasteiger partial charge in [0.15, 0.2) is 9.84 Å². The van der Waals surface area contributed by atoms with Gasteiger partial charge in [0.25, 0.3) is 0 Å². The first-order valence-electron chi connectivity index (χ1n) is 11.1. The fourth-order valence-corrected chi connectivity index (χ4v) is 5.44. The normalized spacial score (nSPS) is 14.8. The van der Waals surface area contributed by atoms with Crippen molar-refractivity contribution in [1.29, 1.82) is 0 Å². The number of amides is 1. The van der Waals surface area contributed by atoms with E-state index >= 15 is 0 Å². The minimum absolute atomic E-state index is 0.150. The zero-order valence-corrected chi connectivity index (χ0v) is 18.9. The molecule has 7 heteroatoms. The van der Waals surface area contributed by atoms with Gasteiger partial charge in [-0.15, -0.1) is 0 Å². The lowest BCUT2D eigenvalue weighted by Gasteiger charge is -2.34. The van der Waals surface area contributed by atoms with Crippen LogP contribution in [0.4, 0.5) is 0 Å². The van der Waals surface area contributed by atoms with Gasteiger partial charge in [0.2, 0.25) is 5.91 Å². The molecule has 168 valence electrons. The zero-order valence-electron chi connectivity index (χ0n) is 18.1. The van der Waals surface area contributed by atoms with Crippen LogP contribution in [-0.2, 0) is 24.2 Å². The largest absolute Gasteiger partial charge is 0.469 e. The number of hydrogen-bond donors (Lipinski definition) is 0. The molecular weight excluding hydrogens is 402 g/mol. The molecule has 0 aliphatic carbocycles. The molecular formula is C23H35NO5S. The van der Waals surface area contributed by atoms with Crippen LogP contribution in [0, 0.1) is 0 Å². The third-order valence-electron chi connectivity index (χ3n) is 5.71. The highest BCUT2D eigenvalue weighted by molar-refractivity contribution is 7.92. The summed E-state index contributed by atoms with van der Waals surface area (Å²) in [5, 5.41) is -0.974. The lowest BCUT2D eigenvalue weighted by atomic mass is 10.0. The quantitative estimate of drug-likeness (QED) is 0.323. The number of ether oxygens (including phenoxy) is 1. The fraction of sp³-hybridized carbons (Fsp3) is 0.652. The predicted octanol–water partition coefficient (Wildman–Crippen LogP) is 4.14. The minimum atomic E-state index is -3.67. The number of hydrogen-bond acceptors (Lipinski definition) is 5. The Bertz CT molecular complexity index is 759. The van der Waals surface area contributed by atoms with Crippen LogP contribution in [0.3, 0.4) is 0 Å². The number of sulfone groups is 1. The van der Waals surface area contributed by atoms with Crippen molar-refractivity contribution in [2.75, 3.05) is 20.2 Å². The first-order chi connectivity index (χ1) is 14.5. The number of methoxy groups -OCH3 is 1. The average Bonchev–Trinajstić information content (AvgIpc) is 2.70. The van der Waals surface area contributed by atoms with E-state index < -0.39 is 15.1 Å². The van der Waals surface area contributed by atoms with Crippen molar-refractivity contribution in [3.8, 4) is 0 Å². The molecule has 1 atom stereocenters. The average molecular weight is 438 g/mol. The summed E-state index contributed by atoms with van der Waals surface area (Å²) in [6.07, 6.45) is 9.69. The van der Waals surface area contributed by atoms with E-state index in [4.69, 9.17) is 0 Å². The highest BCUT2D eigenvalue weighted by Crippen LogP contribution is 2.24. The number of carbonyl (C=O) groups excluding carboxylic acids is 2. The van der Waals surface area contributed by atoms with Crippen molar-refractivity contribution >= 4 is 21.7 Å². The van der Waals surface area contributed by atoms with Crippen LogP contribution in [-0.4, -0.2) is 50.6 Å². The van der Waals surface area contributed by atoms with Gasteiger partial charge in [-0.25, -0.2) is 8.42 Å². The topological polar surface area (TPSA) is 80.8 Å². The van der Waals surface area contributed by atoms with E-state index in [2.05, 4.69) is 4.74 Å². The van der Waals surface area contributed by atoms with Crippen LogP contribution in [0.5, 0.6) is 0 Å². The molecule has 1 heterocycles. The fourth-order valence-electron chi connectivity index (χ4n) is 3.69. The minimum Gasteiger partial charge on any atom is -0.469 e. The molecule has 2 rings (SSSR count). The van der Waals surface area contributed by atoms with Gasteiger partial charge < -0.3 is 9.64 Å². The van der Waals surface area contributed by atoms with Gasteiger partial charge in [-0.3, -0.25) is 9.59 Å². The first-order valence-corrected chi connectivity index (χ1v) is 12.7. The van der Waals surface area contributed by atoms with Crippen molar-refractivity contribution < 1.29 is 22.7 Å². The van der Waals surface area contributed by atoms with Crippen molar-refractivity contribution in [2.24, 2.45) is 0 Å². The van der Waals surface area contributed by atoms with Gasteiger partial charge >= 0.3 is 5.97 Å². The maximum absolute atomic E-state index is 13.1. The summed E-state index contributed by atoms with van der Waals surface area (Å²) in [5.41, 5.74) is 0. The molecule has 1 aromatic rings. The molecule has 0 aromatic heterocycles. The van der Waals surface area contributed by atoms with E-state index in [1.807, 2.05) is 0 Å². The van der Waals surface area contributed by atoms with Crippen molar-refractivity contribution in [1.82, 2.24) is 4.90 Å². The van der Waals surface area contributed by atoms with Crippen LogP contribution in [0.1, 0.15) is 70.6 Å². The Hall–Kier alpha value is -1.89. The third kappa shape index (κ3) is 7.42. The second kappa shape index (κ2) is 12.7. The number of nitrogens with zero attached hydrogens (tertiary/aromatic N) is 1. The van der Waals surface area contributed by atoms with Crippen LogP contribution in [0.15, 0.2) is 35.2 Å². The molecule has 1 aliphatic rings. The zero-order chi connectivity index (χ0) is 21.8. The van der Waals surface area contributed by atoms with Gasteiger partial charge in [-0.05, 0) is 31.4 Å². The Morgan fingerprint density at radius 2 is 1.50 bits per heavy atom. The van der Waals surface area contributed by atoms with Crippen molar-refractivity contribution in [2.45, 2.75) is 80.8 Å². The van der Waals surface area contributed by atoms with E-state index in [-0.39, 0.29) is 16.8 Å². The third-order valence-corrected chi connectivity index (χ3v) is 7.83. The van der Waals surface area contributed by atoms with Crippen LogP contribution in [0.2, 0.25) is 0 Å². The highest BCUT2D eigenvalue weighted by atomic mass is 32.2. The van der Waals surface area contributed by atoms with E-state index in [0.29, 0.717) is 25.9 Å². The molecule has 1 amide bonds. The standard InChI is InChI=1S/C23H35NO5S/c1-29-22(25)17-12-7-5-3-2-4-6-11-16-21(23(26)24-18-13-19-24)30(27,28)20-14-9-8-10-15-20/h8-10,14-15,21H,2-7,11-13,16-19H2,1H3. The summed E-state index contributed by atoms with van der Waals surface area (Å²) in [5.74, 6) is -0.390. The number of rotatable bonds is 14. The molecule has 0 spiro atoms. The smallest absolute Gasteiger partial charge is 0.305 e.